The maximum Gasteiger partial charge on any atom is 0.286 e. The fourth-order valence-electron chi connectivity index (χ4n) is 3.12. The van der Waals surface area contributed by atoms with Gasteiger partial charge in [-0.2, -0.15) is 0 Å². The van der Waals surface area contributed by atoms with Crippen LogP contribution in [0.3, 0.4) is 0 Å². The molecule has 6 nitrogen and oxygen atoms in total. The number of hydrogen-bond donors (Lipinski definition) is 3. The van der Waals surface area contributed by atoms with Gasteiger partial charge in [0.05, 0.1) is 4.88 Å². The van der Waals surface area contributed by atoms with Gasteiger partial charge >= 0.3 is 0 Å². The van der Waals surface area contributed by atoms with E-state index in [0.717, 1.165) is 24.8 Å². The molecule has 1 aliphatic rings. The molecule has 3 rings (SSSR count). The molecule has 2 aromatic rings. The molecule has 3 amide bonds. The second-order valence-corrected chi connectivity index (χ2v) is 8.10. The normalized spacial score (nSPS) is 16.1. The van der Waals surface area contributed by atoms with Gasteiger partial charge in [0.25, 0.3) is 11.8 Å². The highest BCUT2D eigenvalue weighted by Gasteiger charge is 2.21. The van der Waals surface area contributed by atoms with E-state index in [-0.39, 0.29) is 17.5 Å². The molecular formula is C21H23N3O3S. The van der Waals surface area contributed by atoms with E-state index < -0.39 is 5.91 Å². The lowest BCUT2D eigenvalue weighted by Crippen LogP contribution is -2.44. The molecule has 3 N–H and O–H groups in total. The molecule has 146 valence electrons. The monoisotopic (exact) mass is 397 g/mol. The number of carbonyl (C=O) groups excluding carboxylic acids is 3. The van der Waals surface area contributed by atoms with Gasteiger partial charge in [0.1, 0.15) is 5.70 Å². The van der Waals surface area contributed by atoms with E-state index in [4.69, 9.17) is 0 Å². The lowest BCUT2D eigenvalue weighted by molar-refractivity contribution is -0.122. The van der Waals surface area contributed by atoms with Crippen LogP contribution in [0.4, 0.5) is 0 Å². The first-order chi connectivity index (χ1) is 13.4. The molecule has 0 saturated heterocycles. The second-order valence-electron chi connectivity index (χ2n) is 6.97. The Bertz CT molecular complexity index is 918. The van der Waals surface area contributed by atoms with Crippen LogP contribution < -0.4 is 16.2 Å². The summed E-state index contributed by atoms with van der Waals surface area (Å²) in [5, 5.41) is 2.50. The number of aryl methyl sites for hydroxylation is 1. The van der Waals surface area contributed by atoms with Gasteiger partial charge in [0.15, 0.2) is 0 Å². The summed E-state index contributed by atoms with van der Waals surface area (Å²) in [5.74, 6) is -0.700. The largest absolute Gasteiger partial charge is 0.322 e. The standard InChI is InChI=1S/C21H23N3O3S/c1-13-8-9-18-16(10-13)12-19(28-18)21(27)24-23-20(26)17(22-14(2)25)11-15-6-4-3-5-7-15/h3-7,11-13H,8-10H2,1-2H3,(H,22,25)(H,23,26)(H,24,27)/b17-11-/t13-/m0/s1. The maximum atomic E-state index is 12.5. The Labute approximate surface area is 168 Å². The van der Waals surface area contributed by atoms with Crippen molar-refractivity contribution in [3.63, 3.8) is 0 Å². The van der Waals surface area contributed by atoms with Crippen molar-refractivity contribution in [3.05, 3.63) is 63.0 Å². The summed E-state index contributed by atoms with van der Waals surface area (Å²) in [7, 11) is 0. The Hall–Kier alpha value is -2.93. The number of fused-ring (bicyclic) bond motifs is 1. The van der Waals surface area contributed by atoms with Crippen molar-refractivity contribution in [3.8, 4) is 0 Å². The van der Waals surface area contributed by atoms with Gasteiger partial charge in [-0.15, -0.1) is 11.3 Å². The number of hydrazine groups is 1. The van der Waals surface area contributed by atoms with E-state index in [2.05, 4.69) is 23.1 Å². The zero-order chi connectivity index (χ0) is 20.1. The number of nitrogens with one attached hydrogen (secondary N) is 3. The second kappa shape index (κ2) is 8.84. The minimum absolute atomic E-state index is 0.0540. The zero-order valence-electron chi connectivity index (χ0n) is 15.9. The van der Waals surface area contributed by atoms with Crippen molar-refractivity contribution in [1.82, 2.24) is 16.2 Å². The number of rotatable bonds is 4. The van der Waals surface area contributed by atoms with Crippen molar-refractivity contribution < 1.29 is 14.4 Å². The average Bonchev–Trinajstić information content (AvgIpc) is 3.09. The highest BCUT2D eigenvalue weighted by molar-refractivity contribution is 7.14. The lowest BCUT2D eigenvalue weighted by atomic mass is 9.90. The molecule has 1 aliphatic carbocycles. The van der Waals surface area contributed by atoms with Gasteiger partial charge in [-0.25, -0.2) is 0 Å². The van der Waals surface area contributed by atoms with Crippen LogP contribution in [0, 0.1) is 5.92 Å². The van der Waals surface area contributed by atoms with Gasteiger partial charge in [0.2, 0.25) is 5.91 Å². The summed E-state index contributed by atoms with van der Waals surface area (Å²) < 4.78 is 0. The molecule has 0 radical (unpaired) electrons. The summed E-state index contributed by atoms with van der Waals surface area (Å²) in [4.78, 5) is 38.1. The van der Waals surface area contributed by atoms with E-state index in [1.165, 1.54) is 28.7 Å². The summed E-state index contributed by atoms with van der Waals surface area (Å²) in [6, 6.07) is 11.0. The Balaban J connectivity index is 1.66. The van der Waals surface area contributed by atoms with Crippen molar-refractivity contribution in [2.24, 2.45) is 5.92 Å². The molecular weight excluding hydrogens is 374 g/mol. The third kappa shape index (κ3) is 5.07. The fourth-order valence-corrected chi connectivity index (χ4v) is 4.23. The highest BCUT2D eigenvalue weighted by atomic mass is 32.1. The van der Waals surface area contributed by atoms with Gasteiger partial charge < -0.3 is 5.32 Å². The first-order valence-corrected chi connectivity index (χ1v) is 10.0. The maximum absolute atomic E-state index is 12.5. The zero-order valence-corrected chi connectivity index (χ0v) is 16.7. The van der Waals surface area contributed by atoms with Crippen LogP contribution in [-0.4, -0.2) is 17.7 Å². The van der Waals surface area contributed by atoms with Crippen LogP contribution in [0.1, 0.15) is 45.9 Å². The van der Waals surface area contributed by atoms with Crippen molar-refractivity contribution >= 4 is 35.1 Å². The van der Waals surface area contributed by atoms with Gasteiger partial charge in [-0.05, 0) is 48.4 Å². The number of thiophene rings is 1. The van der Waals surface area contributed by atoms with Gasteiger partial charge in [-0.3, -0.25) is 25.2 Å². The predicted molar refractivity (Wildman–Crippen MR) is 109 cm³/mol. The van der Waals surface area contributed by atoms with Crippen LogP contribution in [0.5, 0.6) is 0 Å². The fraction of sp³-hybridized carbons (Fsp3) is 0.286. The average molecular weight is 398 g/mol. The lowest BCUT2D eigenvalue weighted by Gasteiger charge is -2.16. The summed E-state index contributed by atoms with van der Waals surface area (Å²) >= 11 is 1.47. The van der Waals surface area contributed by atoms with E-state index >= 15 is 0 Å². The van der Waals surface area contributed by atoms with Crippen molar-refractivity contribution in [2.75, 3.05) is 0 Å². The molecule has 0 spiro atoms. The van der Waals surface area contributed by atoms with E-state index in [1.54, 1.807) is 6.08 Å². The van der Waals surface area contributed by atoms with Gasteiger partial charge in [-0.1, -0.05) is 37.3 Å². The molecule has 1 atom stereocenters. The number of amides is 3. The predicted octanol–water partition coefficient (Wildman–Crippen LogP) is 2.81. The molecule has 1 aromatic heterocycles. The summed E-state index contributed by atoms with van der Waals surface area (Å²) in [6.45, 7) is 3.53. The first-order valence-electron chi connectivity index (χ1n) is 9.19. The smallest absolute Gasteiger partial charge is 0.286 e. The van der Waals surface area contributed by atoms with E-state index in [9.17, 15) is 14.4 Å². The third-order valence-corrected chi connectivity index (χ3v) is 5.74. The van der Waals surface area contributed by atoms with Crippen LogP contribution in [0.2, 0.25) is 0 Å². The molecule has 0 unspecified atom stereocenters. The van der Waals surface area contributed by atoms with Crippen LogP contribution in [0.25, 0.3) is 6.08 Å². The topological polar surface area (TPSA) is 87.3 Å². The Morgan fingerprint density at radius 3 is 2.61 bits per heavy atom. The molecule has 1 aromatic carbocycles. The Morgan fingerprint density at radius 2 is 1.89 bits per heavy atom. The quantitative estimate of drug-likeness (QED) is 0.548. The third-order valence-electron chi connectivity index (χ3n) is 4.51. The summed E-state index contributed by atoms with van der Waals surface area (Å²) in [6.07, 6.45) is 4.66. The number of benzene rings is 1. The molecule has 0 fully saturated rings. The number of hydrogen-bond acceptors (Lipinski definition) is 4. The number of carbonyl (C=O) groups is 3. The molecule has 1 heterocycles. The van der Waals surface area contributed by atoms with Crippen LogP contribution in [-0.2, 0) is 22.4 Å². The molecule has 0 bridgehead atoms. The van der Waals surface area contributed by atoms with E-state index in [0.29, 0.717) is 10.8 Å². The summed E-state index contributed by atoms with van der Waals surface area (Å²) in [5.41, 5.74) is 6.86. The molecule has 0 aliphatic heterocycles. The SMILES string of the molecule is CC(=O)N/C(=C\c1ccccc1)C(=O)NNC(=O)c1cc2c(s1)CC[C@H](C)C2. The molecule has 28 heavy (non-hydrogen) atoms. The van der Waals surface area contributed by atoms with E-state index in [1.807, 2.05) is 36.4 Å². The minimum atomic E-state index is -0.595. The van der Waals surface area contributed by atoms with Crippen molar-refractivity contribution in [2.45, 2.75) is 33.1 Å². The Morgan fingerprint density at radius 1 is 1.14 bits per heavy atom. The van der Waals surface area contributed by atoms with Crippen molar-refractivity contribution in [1.29, 1.82) is 0 Å². The van der Waals surface area contributed by atoms with Gasteiger partial charge in [0, 0.05) is 11.8 Å². The van der Waals surface area contributed by atoms with Crippen LogP contribution >= 0.6 is 11.3 Å². The molecule has 0 saturated carbocycles. The highest BCUT2D eigenvalue weighted by Crippen LogP contribution is 2.32. The van der Waals surface area contributed by atoms with Crippen LogP contribution in [0.15, 0.2) is 42.1 Å². The molecule has 7 heteroatoms. The Kier molecular flexibility index (Phi) is 6.26. The minimum Gasteiger partial charge on any atom is -0.322 e. The first kappa shape index (κ1) is 19.8.